The van der Waals surface area contributed by atoms with Gasteiger partial charge in [-0.25, -0.2) is 4.39 Å². The lowest BCUT2D eigenvalue weighted by Gasteiger charge is -2.32. The van der Waals surface area contributed by atoms with Crippen molar-refractivity contribution < 1.29 is 13.9 Å². The van der Waals surface area contributed by atoms with Gasteiger partial charge in [0.1, 0.15) is 18.0 Å². The Hall–Kier alpha value is -1.42. The first-order valence-corrected chi connectivity index (χ1v) is 6.27. The molecular formula is C14H18FNO2. The zero-order valence-electron chi connectivity index (χ0n) is 10.5. The van der Waals surface area contributed by atoms with E-state index >= 15 is 0 Å². The number of halogens is 1. The number of rotatable bonds is 3. The van der Waals surface area contributed by atoms with Gasteiger partial charge in [0.25, 0.3) is 0 Å². The standard InChI is InChI=1S/C14H18FNO2/c1-14(8-4-5-9-16-14)13(17)18-10-11-6-2-3-7-12(11)15/h2-3,6-7,16H,4-5,8-10H2,1H3. The monoisotopic (exact) mass is 251 g/mol. The van der Waals surface area contributed by atoms with Crippen molar-refractivity contribution in [3.8, 4) is 0 Å². The van der Waals surface area contributed by atoms with Crippen molar-refractivity contribution in [2.45, 2.75) is 38.3 Å². The summed E-state index contributed by atoms with van der Waals surface area (Å²) in [5.41, 5.74) is -0.214. The second-order valence-corrected chi connectivity index (χ2v) is 4.88. The third kappa shape index (κ3) is 2.88. The van der Waals surface area contributed by atoms with Gasteiger partial charge < -0.3 is 10.1 Å². The molecule has 0 amide bonds. The van der Waals surface area contributed by atoms with Crippen molar-refractivity contribution in [3.05, 3.63) is 35.6 Å². The summed E-state index contributed by atoms with van der Waals surface area (Å²) in [6.07, 6.45) is 2.86. The molecular weight excluding hydrogens is 233 g/mol. The second-order valence-electron chi connectivity index (χ2n) is 4.88. The number of hydrogen-bond donors (Lipinski definition) is 1. The van der Waals surface area contributed by atoms with Crippen LogP contribution in [0.2, 0.25) is 0 Å². The Morgan fingerprint density at radius 1 is 1.44 bits per heavy atom. The molecule has 4 heteroatoms. The highest BCUT2D eigenvalue weighted by Crippen LogP contribution is 2.21. The van der Waals surface area contributed by atoms with E-state index in [2.05, 4.69) is 5.32 Å². The molecule has 1 atom stereocenters. The summed E-state index contributed by atoms with van der Waals surface area (Å²) in [5.74, 6) is -0.641. The molecule has 3 nitrogen and oxygen atoms in total. The van der Waals surface area contributed by atoms with Gasteiger partial charge in [0.05, 0.1) is 0 Å². The van der Waals surface area contributed by atoms with Crippen molar-refractivity contribution in [2.75, 3.05) is 6.54 Å². The van der Waals surface area contributed by atoms with Gasteiger partial charge in [0.2, 0.25) is 0 Å². The van der Waals surface area contributed by atoms with Crippen LogP contribution in [0.25, 0.3) is 0 Å². The lowest BCUT2D eigenvalue weighted by Crippen LogP contribution is -2.52. The fourth-order valence-corrected chi connectivity index (χ4v) is 2.15. The summed E-state index contributed by atoms with van der Waals surface area (Å²) in [5, 5.41) is 3.18. The Morgan fingerprint density at radius 3 is 2.89 bits per heavy atom. The van der Waals surface area contributed by atoms with Gasteiger partial charge in [-0.3, -0.25) is 4.79 Å². The molecule has 1 N–H and O–H groups in total. The van der Waals surface area contributed by atoms with Gasteiger partial charge in [-0.05, 0) is 38.8 Å². The number of carbonyl (C=O) groups is 1. The second kappa shape index (κ2) is 5.48. The molecule has 98 valence electrons. The van der Waals surface area contributed by atoms with E-state index in [0.29, 0.717) is 5.56 Å². The van der Waals surface area contributed by atoms with Crippen LogP contribution < -0.4 is 5.32 Å². The molecule has 1 unspecified atom stereocenters. The van der Waals surface area contributed by atoms with E-state index in [4.69, 9.17) is 4.74 Å². The average molecular weight is 251 g/mol. The molecule has 1 aliphatic rings. The quantitative estimate of drug-likeness (QED) is 0.838. The molecule has 0 bridgehead atoms. The topological polar surface area (TPSA) is 38.3 Å². The third-order valence-corrected chi connectivity index (χ3v) is 3.39. The number of ether oxygens (including phenoxy) is 1. The molecule has 0 aromatic heterocycles. The summed E-state index contributed by atoms with van der Waals surface area (Å²) in [6.45, 7) is 2.66. The number of carbonyl (C=O) groups excluding carboxylic acids is 1. The van der Waals surface area contributed by atoms with Gasteiger partial charge in [0, 0.05) is 5.56 Å². The molecule has 1 saturated heterocycles. The molecule has 0 saturated carbocycles. The number of benzene rings is 1. The van der Waals surface area contributed by atoms with E-state index in [1.165, 1.54) is 6.07 Å². The minimum absolute atomic E-state index is 0.0111. The third-order valence-electron chi connectivity index (χ3n) is 3.39. The maximum absolute atomic E-state index is 13.4. The summed E-state index contributed by atoms with van der Waals surface area (Å²) in [7, 11) is 0. The fraction of sp³-hybridized carbons (Fsp3) is 0.500. The van der Waals surface area contributed by atoms with Crippen LogP contribution in [0.4, 0.5) is 4.39 Å². The van der Waals surface area contributed by atoms with Gasteiger partial charge in [-0.15, -0.1) is 0 Å². The summed E-state index contributed by atoms with van der Waals surface area (Å²) in [4.78, 5) is 12.0. The van der Waals surface area contributed by atoms with Crippen LogP contribution in [0.15, 0.2) is 24.3 Å². The number of nitrogens with one attached hydrogen (secondary N) is 1. The first kappa shape index (κ1) is 13.0. The number of piperidine rings is 1. The Kier molecular flexibility index (Phi) is 3.97. The predicted molar refractivity (Wildman–Crippen MR) is 66.5 cm³/mol. The maximum atomic E-state index is 13.4. The van der Waals surface area contributed by atoms with Crippen LogP contribution in [-0.4, -0.2) is 18.1 Å². The van der Waals surface area contributed by atoms with Crippen molar-refractivity contribution >= 4 is 5.97 Å². The fourth-order valence-electron chi connectivity index (χ4n) is 2.15. The lowest BCUT2D eigenvalue weighted by atomic mass is 9.91. The summed E-state index contributed by atoms with van der Waals surface area (Å²) in [6, 6.07) is 6.33. The molecule has 0 radical (unpaired) electrons. The molecule has 1 fully saturated rings. The highest BCUT2D eigenvalue weighted by atomic mass is 19.1. The van der Waals surface area contributed by atoms with Crippen molar-refractivity contribution in [1.29, 1.82) is 0 Å². The minimum Gasteiger partial charge on any atom is -0.459 e. The van der Waals surface area contributed by atoms with E-state index in [0.717, 1.165) is 25.8 Å². The largest absolute Gasteiger partial charge is 0.459 e. The Morgan fingerprint density at radius 2 is 2.22 bits per heavy atom. The lowest BCUT2D eigenvalue weighted by molar-refractivity contribution is -0.153. The smallest absolute Gasteiger partial charge is 0.326 e. The SMILES string of the molecule is CC1(C(=O)OCc2ccccc2F)CCCCN1. The summed E-state index contributed by atoms with van der Waals surface area (Å²) < 4.78 is 18.6. The minimum atomic E-state index is -0.622. The van der Waals surface area contributed by atoms with Gasteiger partial charge in [0.15, 0.2) is 0 Å². The zero-order chi connectivity index (χ0) is 13.0. The Bertz CT molecular complexity index is 428. The van der Waals surface area contributed by atoms with Crippen molar-refractivity contribution in [2.24, 2.45) is 0 Å². The molecule has 1 aromatic carbocycles. The van der Waals surface area contributed by atoms with Crippen molar-refractivity contribution in [3.63, 3.8) is 0 Å². The molecule has 1 aromatic rings. The number of hydrogen-bond acceptors (Lipinski definition) is 3. The summed E-state index contributed by atoms with van der Waals surface area (Å²) >= 11 is 0. The van der Waals surface area contributed by atoms with E-state index in [9.17, 15) is 9.18 Å². The molecule has 18 heavy (non-hydrogen) atoms. The Labute approximate surface area is 106 Å². The average Bonchev–Trinajstić information content (AvgIpc) is 2.38. The van der Waals surface area contributed by atoms with Crippen LogP contribution >= 0.6 is 0 Å². The van der Waals surface area contributed by atoms with E-state index in [1.807, 2.05) is 6.92 Å². The van der Waals surface area contributed by atoms with Gasteiger partial charge >= 0.3 is 5.97 Å². The van der Waals surface area contributed by atoms with Crippen LogP contribution in [0.1, 0.15) is 31.7 Å². The van der Waals surface area contributed by atoms with E-state index in [1.54, 1.807) is 18.2 Å². The molecule has 1 heterocycles. The first-order chi connectivity index (χ1) is 8.62. The van der Waals surface area contributed by atoms with Crippen LogP contribution in [0.5, 0.6) is 0 Å². The highest BCUT2D eigenvalue weighted by Gasteiger charge is 2.35. The van der Waals surface area contributed by atoms with Crippen LogP contribution in [-0.2, 0) is 16.1 Å². The van der Waals surface area contributed by atoms with Crippen LogP contribution in [0.3, 0.4) is 0 Å². The number of esters is 1. The van der Waals surface area contributed by atoms with E-state index in [-0.39, 0.29) is 18.4 Å². The van der Waals surface area contributed by atoms with Crippen molar-refractivity contribution in [1.82, 2.24) is 5.32 Å². The molecule has 2 rings (SSSR count). The zero-order valence-corrected chi connectivity index (χ0v) is 10.5. The first-order valence-electron chi connectivity index (χ1n) is 6.27. The molecule has 0 aliphatic carbocycles. The van der Waals surface area contributed by atoms with Gasteiger partial charge in [-0.2, -0.15) is 0 Å². The molecule has 1 aliphatic heterocycles. The highest BCUT2D eigenvalue weighted by molar-refractivity contribution is 5.80. The van der Waals surface area contributed by atoms with E-state index < -0.39 is 5.54 Å². The normalized spacial score (nSPS) is 23.7. The maximum Gasteiger partial charge on any atom is 0.326 e. The molecule has 0 spiro atoms. The van der Waals surface area contributed by atoms with Gasteiger partial charge in [-0.1, -0.05) is 18.2 Å². The predicted octanol–water partition coefficient (Wildman–Crippen LogP) is 2.40. The Balaban J connectivity index is 1.94. The van der Waals surface area contributed by atoms with Crippen LogP contribution in [0, 0.1) is 5.82 Å².